The van der Waals surface area contributed by atoms with Gasteiger partial charge in [0.1, 0.15) is 12.6 Å². The number of sulfonamides is 1. The molecule has 0 saturated carbocycles. The standard InChI is InChI=1S/C30H36BrN3O4S/c1-21(2)18-32-30(36)24(5)33(19-25-10-12-26(31)13-11-25)29(35)20-34(27-14-6-22(3)7-15-27)39(37,38)28-16-8-23(4)9-17-28/h6-17,21,24H,18-20H2,1-5H3,(H,32,36)/t24-/m1/s1. The zero-order chi connectivity index (χ0) is 28.7. The summed E-state index contributed by atoms with van der Waals surface area (Å²) >= 11 is 3.42. The molecule has 0 heterocycles. The molecule has 39 heavy (non-hydrogen) atoms. The molecule has 3 aromatic rings. The summed E-state index contributed by atoms with van der Waals surface area (Å²) in [5.41, 5.74) is 3.08. The van der Waals surface area contributed by atoms with Crippen molar-refractivity contribution in [3.05, 3.63) is 94.0 Å². The van der Waals surface area contributed by atoms with Crippen LogP contribution in [0.3, 0.4) is 0 Å². The van der Waals surface area contributed by atoms with Crippen molar-refractivity contribution < 1.29 is 18.0 Å². The molecule has 0 radical (unpaired) electrons. The Labute approximate surface area is 240 Å². The van der Waals surface area contributed by atoms with E-state index in [1.165, 1.54) is 17.0 Å². The summed E-state index contributed by atoms with van der Waals surface area (Å²) in [6, 6.07) is 20.2. The molecule has 9 heteroatoms. The number of hydrogen-bond acceptors (Lipinski definition) is 4. The molecule has 0 bridgehead atoms. The Hall–Kier alpha value is -3.17. The molecule has 0 aliphatic carbocycles. The molecule has 0 aromatic heterocycles. The number of carbonyl (C=O) groups excluding carboxylic acids is 2. The summed E-state index contributed by atoms with van der Waals surface area (Å²) in [4.78, 5) is 28.5. The smallest absolute Gasteiger partial charge is 0.264 e. The van der Waals surface area contributed by atoms with Gasteiger partial charge >= 0.3 is 0 Å². The van der Waals surface area contributed by atoms with Crippen molar-refractivity contribution in [2.24, 2.45) is 5.92 Å². The van der Waals surface area contributed by atoms with E-state index in [4.69, 9.17) is 0 Å². The highest BCUT2D eigenvalue weighted by atomic mass is 79.9. The lowest BCUT2D eigenvalue weighted by molar-refractivity contribution is -0.139. The van der Waals surface area contributed by atoms with Gasteiger partial charge in [0.25, 0.3) is 10.0 Å². The Kier molecular flexibility index (Phi) is 10.3. The van der Waals surface area contributed by atoms with Gasteiger partial charge in [0.2, 0.25) is 11.8 Å². The highest BCUT2D eigenvalue weighted by Gasteiger charge is 2.32. The number of rotatable bonds is 11. The fraction of sp³-hybridized carbons (Fsp3) is 0.333. The number of halogens is 1. The molecule has 3 aromatic carbocycles. The van der Waals surface area contributed by atoms with Gasteiger partial charge in [-0.15, -0.1) is 0 Å². The van der Waals surface area contributed by atoms with Crippen molar-refractivity contribution in [1.29, 1.82) is 0 Å². The highest BCUT2D eigenvalue weighted by molar-refractivity contribution is 9.10. The summed E-state index contributed by atoms with van der Waals surface area (Å²) in [6.45, 7) is 9.59. The van der Waals surface area contributed by atoms with Gasteiger partial charge in [-0.05, 0) is 68.7 Å². The summed E-state index contributed by atoms with van der Waals surface area (Å²) in [7, 11) is -4.08. The first kappa shape index (κ1) is 30.4. The Morgan fingerprint density at radius 1 is 0.846 bits per heavy atom. The van der Waals surface area contributed by atoms with E-state index in [9.17, 15) is 18.0 Å². The zero-order valence-corrected chi connectivity index (χ0v) is 25.4. The minimum absolute atomic E-state index is 0.0867. The van der Waals surface area contributed by atoms with Gasteiger partial charge in [-0.1, -0.05) is 77.3 Å². The SMILES string of the molecule is Cc1ccc(N(CC(=O)N(Cc2ccc(Br)cc2)[C@H](C)C(=O)NCC(C)C)S(=O)(=O)c2ccc(C)cc2)cc1. The Balaban J connectivity index is 2.00. The average Bonchev–Trinajstić information content (AvgIpc) is 2.90. The van der Waals surface area contributed by atoms with Gasteiger partial charge < -0.3 is 10.2 Å². The number of carbonyl (C=O) groups is 2. The molecule has 3 rings (SSSR count). The molecule has 1 atom stereocenters. The second kappa shape index (κ2) is 13.3. The molecule has 2 amide bonds. The van der Waals surface area contributed by atoms with E-state index in [-0.39, 0.29) is 23.3 Å². The van der Waals surface area contributed by atoms with Crippen LogP contribution in [-0.4, -0.2) is 44.3 Å². The number of anilines is 1. The second-order valence-electron chi connectivity index (χ2n) is 10.1. The number of nitrogens with zero attached hydrogens (tertiary/aromatic N) is 2. The van der Waals surface area contributed by atoms with E-state index in [1.807, 2.05) is 52.0 Å². The second-order valence-corrected chi connectivity index (χ2v) is 12.9. The lowest BCUT2D eigenvalue weighted by Crippen LogP contribution is -2.51. The minimum Gasteiger partial charge on any atom is -0.354 e. The summed E-state index contributed by atoms with van der Waals surface area (Å²) < 4.78 is 29.7. The number of amides is 2. The average molecular weight is 615 g/mol. The summed E-state index contributed by atoms with van der Waals surface area (Å²) in [5.74, 6) is -0.535. The van der Waals surface area contributed by atoms with Gasteiger partial charge in [-0.2, -0.15) is 0 Å². The molecule has 208 valence electrons. The molecular formula is C30H36BrN3O4S. The molecule has 1 N–H and O–H groups in total. The van der Waals surface area contributed by atoms with E-state index in [2.05, 4.69) is 21.2 Å². The minimum atomic E-state index is -4.08. The molecule has 7 nitrogen and oxygen atoms in total. The number of aryl methyl sites for hydroxylation is 2. The maximum absolute atomic E-state index is 13.9. The molecule has 0 unspecified atom stereocenters. The largest absolute Gasteiger partial charge is 0.354 e. The first-order valence-corrected chi connectivity index (χ1v) is 15.1. The van der Waals surface area contributed by atoms with Crippen LogP contribution in [0.5, 0.6) is 0 Å². The van der Waals surface area contributed by atoms with Crippen molar-refractivity contribution in [3.63, 3.8) is 0 Å². The van der Waals surface area contributed by atoms with Gasteiger partial charge in [-0.3, -0.25) is 13.9 Å². The predicted molar refractivity (Wildman–Crippen MR) is 159 cm³/mol. The highest BCUT2D eigenvalue weighted by Crippen LogP contribution is 2.25. The van der Waals surface area contributed by atoms with Crippen LogP contribution >= 0.6 is 15.9 Å². The molecule has 0 aliphatic heterocycles. The molecule has 0 saturated heterocycles. The maximum atomic E-state index is 13.9. The topological polar surface area (TPSA) is 86.8 Å². The van der Waals surface area contributed by atoms with Crippen LogP contribution in [0.2, 0.25) is 0 Å². The molecule has 0 fully saturated rings. The number of hydrogen-bond donors (Lipinski definition) is 1. The normalized spacial score (nSPS) is 12.2. The number of nitrogens with one attached hydrogen (secondary N) is 1. The van der Waals surface area contributed by atoms with Crippen LogP contribution in [0.25, 0.3) is 0 Å². The van der Waals surface area contributed by atoms with E-state index < -0.39 is 28.5 Å². The fourth-order valence-corrected chi connectivity index (χ4v) is 5.58. The number of benzene rings is 3. The summed E-state index contributed by atoms with van der Waals surface area (Å²) in [5, 5.41) is 2.89. The lowest BCUT2D eigenvalue weighted by atomic mass is 10.1. The third-order valence-corrected chi connectivity index (χ3v) is 8.64. The van der Waals surface area contributed by atoms with Crippen LogP contribution in [-0.2, 0) is 26.2 Å². The van der Waals surface area contributed by atoms with Crippen molar-refractivity contribution >= 4 is 43.5 Å². The van der Waals surface area contributed by atoms with Crippen LogP contribution in [0, 0.1) is 19.8 Å². The van der Waals surface area contributed by atoms with Crippen LogP contribution in [0.4, 0.5) is 5.69 Å². The van der Waals surface area contributed by atoms with E-state index in [0.717, 1.165) is 25.5 Å². The van der Waals surface area contributed by atoms with Crippen molar-refractivity contribution in [2.45, 2.75) is 52.1 Å². The third-order valence-electron chi connectivity index (χ3n) is 6.33. The predicted octanol–water partition coefficient (Wildman–Crippen LogP) is 5.45. The molecule has 0 aliphatic rings. The van der Waals surface area contributed by atoms with Gasteiger partial charge in [0.05, 0.1) is 10.6 Å². The fourth-order valence-electron chi connectivity index (χ4n) is 3.90. The van der Waals surface area contributed by atoms with Gasteiger partial charge in [0.15, 0.2) is 0 Å². The van der Waals surface area contributed by atoms with Crippen LogP contribution < -0.4 is 9.62 Å². The van der Waals surface area contributed by atoms with E-state index in [1.54, 1.807) is 43.3 Å². The summed E-state index contributed by atoms with van der Waals surface area (Å²) in [6.07, 6.45) is 0. The van der Waals surface area contributed by atoms with Crippen molar-refractivity contribution in [2.75, 3.05) is 17.4 Å². The quantitative estimate of drug-likeness (QED) is 0.311. The first-order chi connectivity index (χ1) is 18.4. The van der Waals surface area contributed by atoms with Crippen LogP contribution in [0.15, 0.2) is 82.2 Å². The zero-order valence-electron chi connectivity index (χ0n) is 23.0. The van der Waals surface area contributed by atoms with E-state index >= 15 is 0 Å². The Morgan fingerprint density at radius 2 is 1.38 bits per heavy atom. The van der Waals surface area contributed by atoms with E-state index in [0.29, 0.717) is 12.2 Å². The Morgan fingerprint density at radius 3 is 1.92 bits per heavy atom. The third kappa shape index (κ3) is 8.16. The Bertz CT molecular complexity index is 1370. The van der Waals surface area contributed by atoms with Crippen molar-refractivity contribution in [3.8, 4) is 0 Å². The van der Waals surface area contributed by atoms with Crippen LogP contribution in [0.1, 0.15) is 37.5 Å². The van der Waals surface area contributed by atoms with Gasteiger partial charge in [0, 0.05) is 17.6 Å². The van der Waals surface area contributed by atoms with Gasteiger partial charge in [-0.25, -0.2) is 8.42 Å². The molecule has 0 spiro atoms. The van der Waals surface area contributed by atoms with Crippen molar-refractivity contribution in [1.82, 2.24) is 10.2 Å². The maximum Gasteiger partial charge on any atom is 0.264 e. The first-order valence-electron chi connectivity index (χ1n) is 12.9. The molecular weight excluding hydrogens is 578 g/mol. The monoisotopic (exact) mass is 613 g/mol. The lowest BCUT2D eigenvalue weighted by Gasteiger charge is -2.32.